The molecular formula is C14H10F2N2. The molecule has 0 saturated heterocycles. The van der Waals surface area contributed by atoms with E-state index < -0.39 is 11.6 Å². The second-order valence-corrected chi connectivity index (χ2v) is 4.15. The Labute approximate surface area is 102 Å². The molecule has 0 saturated carbocycles. The van der Waals surface area contributed by atoms with Gasteiger partial charge in [0.25, 0.3) is 0 Å². The number of nitrogens with two attached hydrogens (primary N) is 1. The van der Waals surface area contributed by atoms with Crippen molar-refractivity contribution < 1.29 is 8.78 Å². The van der Waals surface area contributed by atoms with E-state index in [2.05, 4.69) is 4.98 Å². The molecule has 0 bridgehead atoms. The van der Waals surface area contributed by atoms with E-state index in [4.69, 9.17) is 5.73 Å². The number of hydrogen-bond donors (Lipinski definition) is 2. The van der Waals surface area contributed by atoms with Gasteiger partial charge >= 0.3 is 0 Å². The van der Waals surface area contributed by atoms with Crippen LogP contribution in [-0.2, 0) is 0 Å². The van der Waals surface area contributed by atoms with Crippen LogP contribution in [0.1, 0.15) is 0 Å². The third-order valence-electron chi connectivity index (χ3n) is 2.86. The summed E-state index contributed by atoms with van der Waals surface area (Å²) in [7, 11) is 0. The molecule has 3 rings (SSSR count). The zero-order valence-electron chi connectivity index (χ0n) is 9.37. The lowest BCUT2D eigenvalue weighted by atomic mass is 10.1. The van der Waals surface area contributed by atoms with Gasteiger partial charge in [0.05, 0.1) is 0 Å². The van der Waals surface area contributed by atoms with E-state index in [0.717, 1.165) is 23.0 Å². The molecule has 2 aromatic carbocycles. The number of nitrogen functional groups attached to an aromatic ring is 1. The fourth-order valence-electron chi connectivity index (χ4n) is 2.00. The highest BCUT2D eigenvalue weighted by molar-refractivity contribution is 5.88. The van der Waals surface area contributed by atoms with Crippen LogP contribution in [0, 0.1) is 11.6 Å². The van der Waals surface area contributed by atoms with Crippen LogP contribution < -0.4 is 5.73 Å². The summed E-state index contributed by atoms with van der Waals surface area (Å²) in [5.74, 6) is -0.930. The van der Waals surface area contributed by atoms with Crippen LogP contribution in [0.3, 0.4) is 0 Å². The topological polar surface area (TPSA) is 41.8 Å². The maximum atomic E-state index is 13.7. The van der Waals surface area contributed by atoms with E-state index in [-0.39, 0.29) is 5.56 Å². The van der Waals surface area contributed by atoms with Crippen molar-refractivity contribution in [3.8, 4) is 11.3 Å². The fourth-order valence-corrected chi connectivity index (χ4v) is 2.00. The maximum absolute atomic E-state index is 13.7. The van der Waals surface area contributed by atoms with Gasteiger partial charge in [0, 0.05) is 27.8 Å². The van der Waals surface area contributed by atoms with Crippen LogP contribution in [0.2, 0.25) is 0 Å². The number of fused-ring (bicyclic) bond motifs is 1. The Balaban J connectivity index is 2.22. The van der Waals surface area contributed by atoms with Gasteiger partial charge in [-0.3, -0.25) is 0 Å². The average molecular weight is 244 g/mol. The maximum Gasteiger partial charge on any atom is 0.132 e. The van der Waals surface area contributed by atoms with Crippen molar-refractivity contribution in [2.75, 3.05) is 5.73 Å². The minimum Gasteiger partial charge on any atom is -0.399 e. The molecule has 18 heavy (non-hydrogen) atoms. The SMILES string of the molecule is Nc1ccc2[nH]c(-c3cc(F)ccc3F)cc2c1. The largest absolute Gasteiger partial charge is 0.399 e. The van der Waals surface area contributed by atoms with Crippen LogP contribution in [-0.4, -0.2) is 4.98 Å². The lowest BCUT2D eigenvalue weighted by Crippen LogP contribution is -1.85. The Morgan fingerprint density at radius 3 is 2.61 bits per heavy atom. The van der Waals surface area contributed by atoms with E-state index in [1.807, 2.05) is 6.07 Å². The van der Waals surface area contributed by atoms with Crippen molar-refractivity contribution in [3.05, 3.63) is 54.1 Å². The Morgan fingerprint density at radius 2 is 1.78 bits per heavy atom. The number of anilines is 1. The van der Waals surface area contributed by atoms with Crippen LogP contribution in [0.5, 0.6) is 0 Å². The number of aromatic nitrogens is 1. The number of aromatic amines is 1. The van der Waals surface area contributed by atoms with E-state index in [0.29, 0.717) is 11.4 Å². The summed E-state index contributed by atoms with van der Waals surface area (Å²) in [6.07, 6.45) is 0. The van der Waals surface area contributed by atoms with E-state index >= 15 is 0 Å². The van der Waals surface area contributed by atoms with E-state index in [9.17, 15) is 8.78 Å². The summed E-state index contributed by atoms with van der Waals surface area (Å²) in [5, 5.41) is 0.869. The zero-order chi connectivity index (χ0) is 12.7. The van der Waals surface area contributed by atoms with Crippen LogP contribution in [0.4, 0.5) is 14.5 Å². The summed E-state index contributed by atoms with van der Waals surface area (Å²) in [5.41, 5.74) is 7.89. The summed E-state index contributed by atoms with van der Waals surface area (Å²) < 4.78 is 26.8. The number of benzene rings is 2. The van der Waals surface area contributed by atoms with Crippen LogP contribution >= 0.6 is 0 Å². The quantitative estimate of drug-likeness (QED) is 0.630. The predicted molar refractivity (Wildman–Crippen MR) is 68.1 cm³/mol. The van der Waals surface area contributed by atoms with Gasteiger partial charge in [0.15, 0.2) is 0 Å². The normalized spacial score (nSPS) is 11.0. The summed E-state index contributed by atoms with van der Waals surface area (Å²) >= 11 is 0. The van der Waals surface area contributed by atoms with Gasteiger partial charge in [-0.2, -0.15) is 0 Å². The van der Waals surface area contributed by atoms with Gasteiger partial charge in [-0.25, -0.2) is 8.78 Å². The number of halogens is 2. The molecular weight excluding hydrogens is 234 g/mol. The molecule has 2 nitrogen and oxygen atoms in total. The second kappa shape index (κ2) is 3.84. The molecule has 0 spiro atoms. The van der Waals surface area contributed by atoms with Crippen molar-refractivity contribution in [1.29, 1.82) is 0 Å². The van der Waals surface area contributed by atoms with Crippen molar-refractivity contribution in [2.45, 2.75) is 0 Å². The lowest BCUT2D eigenvalue weighted by Gasteiger charge is -2.00. The molecule has 1 aromatic heterocycles. The third kappa shape index (κ3) is 1.72. The number of H-pyrrole nitrogens is 1. The van der Waals surface area contributed by atoms with Gasteiger partial charge in [-0.15, -0.1) is 0 Å². The summed E-state index contributed by atoms with van der Waals surface area (Å²) in [4.78, 5) is 3.04. The highest BCUT2D eigenvalue weighted by Crippen LogP contribution is 2.27. The first-order chi connectivity index (χ1) is 8.63. The first kappa shape index (κ1) is 10.8. The number of hydrogen-bond acceptors (Lipinski definition) is 1. The zero-order valence-corrected chi connectivity index (χ0v) is 9.37. The Hall–Kier alpha value is -2.36. The Morgan fingerprint density at radius 1 is 0.944 bits per heavy atom. The summed E-state index contributed by atoms with van der Waals surface area (Å²) in [6.45, 7) is 0. The van der Waals surface area contributed by atoms with Gasteiger partial charge in [-0.1, -0.05) is 0 Å². The molecule has 4 heteroatoms. The molecule has 0 radical (unpaired) electrons. The highest BCUT2D eigenvalue weighted by Gasteiger charge is 2.09. The molecule has 0 atom stereocenters. The highest BCUT2D eigenvalue weighted by atomic mass is 19.1. The minimum absolute atomic E-state index is 0.213. The molecule has 3 aromatic rings. The second-order valence-electron chi connectivity index (χ2n) is 4.15. The predicted octanol–water partition coefficient (Wildman–Crippen LogP) is 3.70. The molecule has 90 valence electrons. The van der Waals surface area contributed by atoms with E-state index in [1.165, 1.54) is 6.07 Å². The first-order valence-electron chi connectivity index (χ1n) is 5.47. The minimum atomic E-state index is -0.468. The molecule has 0 aliphatic carbocycles. The van der Waals surface area contributed by atoms with Gasteiger partial charge < -0.3 is 10.7 Å². The number of nitrogens with one attached hydrogen (secondary N) is 1. The molecule has 3 N–H and O–H groups in total. The van der Waals surface area contributed by atoms with Crippen molar-refractivity contribution >= 4 is 16.6 Å². The third-order valence-corrected chi connectivity index (χ3v) is 2.86. The lowest BCUT2D eigenvalue weighted by molar-refractivity contribution is 0.603. The smallest absolute Gasteiger partial charge is 0.132 e. The van der Waals surface area contributed by atoms with Crippen molar-refractivity contribution in [1.82, 2.24) is 4.98 Å². The number of rotatable bonds is 1. The summed E-state index contributed by atoms with van der Waals surface area (Å²) in [6, 6.07) is 10.5. The van der Waals surface area contributed by atoms with Gasteiger partial charge in [0.2, 0.25) is 0 Å². The fraction of sp³-hybridized carbons (Fsp3) is 0. The molecule has 0 amide bonds. The molecule has 0 fully saturated rings. The van der Waals surface area contributed by atoms with Crippen molar-refractivity contribution in [3.63, 3.8) is 0 Å². The average Bonchev–Trinajstić information content (AvgIpc) is 2.74. The van der Waals surface area contributed by atoms with E-state index in [1.54, 1.807) is 18.2 Å². The molecule has 0 aliphatic rings. The molecule has 0 unspecified atom stereocenters. The van der Waals surface area contributed by atoms with Crippen LogP contribution in [0.15, 0.2) is 42.5 Å². The molecule has 0 aliphatic heterocycles. The van der Waals surface area contributed by atoms with Gasteiger partial charge in [0.1, 0.15) is 11.6 Å². The molecule has 1 heterocycles. The monoisotopic (exact) mass is 244 g/mol. The first-order valence-corrected chi connectivity index (χ1v) is 5.47. The Kier molecular flexibility index (Phi) is 2.30. The van der Waals surface area contributed by atoms with Crippen LogP contribution in [0.25, 0.3) is 22.2 Å². The Bertz CT molecular complexity index is 732. The van der Waals surface area contributed by atoms with Crippen molar-refractivity contribution in [2.24, 2.45) is 0 Å². The van der Waals surface area contributed by atoms with Gasteiger partial charge in [-0.05, 0) is 42.5 Å². The standard InChI is InChI=1S/C14H10F2N2/c15-9-1-3-12(16)11(7-9)14-6-8-5-10(17)2-4-13(8)18-14/h1-7,18H,17H2.